The van der Waals surface area contributed by atoms with Gasteiger partial charge in [0.25, 0.3) is 0 Å². The maximum atomic E-state index is 13.3. The summed E-state index contributed by atoms with van der Waals surface area (Å²) < 4.78 is 13.3. The summed E-state index contributed by atoms with van der Waals surface area (Å²) in [5.41, 5.74) is 1.59. The molecular weight excluding hydrogens is 391 g/mol. The lowest BCUT2D eigenvalue weighted by molar-refractivity contribution is -0.141. The Balaban J connectivity index is 2.24. The number of hydrogen-bond donors (Lipinski definition) is 1. The first-order valence-corrected chi connectivity index (χ1v) is 10.2. The van der Waals surface area contributed by atoms with Crippen molar-refractivity contribution in [2.75, 3.05) is 6.54 Å². The van der Waals surface area contributed by atoms with Crippen LogP contribution < -0.4 is 5.32 Å². The molecule has 156 valence electrons. The van der Waals surface area contributed by atoms with E-state index in [1.165, 1.54) is 12.1 Å². The molecule has 0 aliphatic carbocycles. The van der Waals surface area contributed by atoms with Gasteiger partial charge in [0.05, 0.1) is 6.42 Å². The first-order chi connectivity index (χ1) is 13.8. The summed E-state index contributed by atoms with van der Waals surface area (Å²) in [4.78, 5) is 27.5. The van der Waals surface area contributed by atoms with Crippen LogP contribution in [0.25, 0.3) is 0 Å². The minimum absolute atomic E-state index is 0.159. The van der Waals surface area contributed by atoms with Crippen molar-refractivity contribution in [1.29, 1.82) is 0 Å². The van der Waals surface area contributed by atoms with E-state index in [1.54, 1.807) is 41.3 Å². The molecule has 2 aromatic rings. The van der Waals surface area contributed by atoms with Crippen LogP contribution in [0.2, 0.25) is 5.02 Å². The Labute approximate surface area is 177 Å². The van der Waals surface area contributed by atoms with Gasteiger partial charge in [-0.15, -0.1) is 0 Å². The molecule has 6 heteroatoms. The predicted octanol–water partition coefficient (Wildman–Crippen LogP) is 4.60. The highest BCUT2D eigenvalue weighted by Crippen LogP contribution is 2.16. The lowest BCUT2D eigenvalue weighted by Crippen LogP contribution is -2.50. The summed E-state index contributed by atoms with van der Waals surface area (Å²) in [6.07, 6.45) is 0.643. The van der Waals surface area contributed by atoms with Gasteiger partial charge in [0.15, 0.2) is 0 Å². The third-order valence-electron chi connectivity index (χ3n) is 4.61. The highest BCUT2D eigenvalue weighted by Gasteiger charge is 2.28. The standard InChI is InChI=1S/C23H28ClFN2O2/c1-4-21(23(29)26-14-16(2)3)27(15-18-7-11-20(25)12-8-18)22(28)13-17-5-9-19(24)10-6-17/h5-12,16,21H,4,13-15H2,1-3H3,(H,26,29)/t21-/m1/s1. The van der Waals surface area contributed by atoms with E-state index in [1.807, 2.05) is 20.8 Å². The van der Waals surface area contributed by atoms with Gasteiger partial charge in [-0.2, -0.15) is 0 Å². The van der Waals surface area contributed by atoms with Crippen molar-refractivity contribution in [3.05, 3.63) is 70.5 Å². The second-order valence-corrected chi connectivity index (χ2v) is 7.95. The molecule has 0 heterocycles. The van der Waals surface area contributed by atoms with Crippen LogP contribution in [0, 0.1) is 11.7 Å². The van der Waals surface area contributed by atoms with E-state index in [9.17, 15) is 14.0 Å². The molecule has 0 fully saturated rings. The van der Waals surface area contributed by atoms with Crippen LogP contribution in [0.15, 0.2) is 48.5 Å². The molecule has 2 aromatic carbocycles. The molecule has 1 atom stereocenters. The third-order valence-corrected chi connectivity index (χ3v) is 4.86. The quantitative estimate of drug-likeness (QED) is 0.646. The van der Waals surface area contributed by atoms with Crippen LogP contribution in [0.4, 0.5) is 4.39 Å². The molecule has 0 aliphatic heterocycles. The maximum absolute atomic E-state index is 13.3. The van der Waals surface area contributed by atoms with Crippen molar-refractivity contribution >= 4 is 23.4 Å². The zero-order chi connectivity index (χ0) is 21.4. The van der Waals surface area contributed by atoms with Crippen LogP contribution in [-0.4, -0.2) is 29.3 Å². The van der Waals surface area contributed by atoms with Gasteiger partial charge in [0.2, 0.25) is 11.8 Å². The normalized spacial score (nSPS) is 11.9. The molecule has 2 amide bonds. The maximum Gasteiger partial charge on any atom is 0.242 e. The van der Waals surface area contributed by atoms with Crippen LogP contribution in [0.5, 0.6) is 0 Å². The highest BCUT2D eigenvalue weighted by atomic mass is 35.5. The number of carbonyl (C=O) groups is 2. The molecule has 0 radical (unpaired) electrons. The first kappa shape index (κ1) is 22.9. The van der Waals surface area contributed by atoms with E-state index in [-0.39, 0.29) is 30.6 Å². The summed E-state index contributed by atoms with van der Waals surface area (Å²) in [7, 11) is 0. The van der Waals surface area contributed by atoms with Crippen molar-refractivity contribution in [2.24, 2.45) is 5.92 Å². The molecule has 1 N–H and O–H groups in total. The van der Waals surface area contributed by atoms with Gasteiger partial charge in [0.1, 0.15) is 11.9 Å². The Bertz CT molecular complexity index is 807. The average molecular weight is 419 g/mol. The molecule has 0 bridgehead atoms. The fourth-order valence-electron chi connectivity index (χ4n) is 3.01. The second-order valence-electron chi connectivity index (χ2n) is 7.51. The van der Waals surface area contributed by atoms with Crippen LogP contribution in [0.1, 0.15) is 38.3 Å². The number of hydrogen-bond acceptors (Lipinski definition) is 2. The molecular formula is C23H28ClFN2O2. The van der Waals surface area contributed by atoms with Gasteiger partial charge < -0.3 is 10.2 Å². The molecule has 0 aromatic heterocycles. The number of nitrogens with one attached hydrogen (secondary N) is 1. The van der Waals surface area contributed by atoms with E-state index in [0.717, 1.165) is 11.1 Å². The highest BCUT2D eigenvalue weighted by molar-refractivity contribution is 6.30. The van der Waals surface area contributed by atoms with E-state index in [4.69, 9.17) is 11.6 Å². The Morgan fingerprint density at radius 1 is 1.03 bits per heavy atom. The molecule has 0 saturated carbocycles. The number of benzene rings is 2. The Hall–Kier alpha value is -2.40. The Morgan fingerprint density at radius 2 is 1.62 bits per heavy atom. The van der Waals surface area contributed by atoms with E-state index >= 15 is 0 Å². The second kappa shape index (κ2) is 11.0. The molecule has 29 heavy (non-hydrogen) atoms. The third kappa shape index (κ3) is 7.17. The fourth-order valence-corrected chi connectivity index (χ4v) is 3.13. The average Bonchev–Trinajstić information content (AvgIpc) is 2.69. The Kier molecular flexibility index (Phi) is 8.65. The monoisotopic (exact) mass is 418 g/mol. The SMILES string of the molecule is CC[C@H](C(=O)NCC(C)C)N(Cc1ccc(F)cc1)C(=O)Cc1ccc(Cl)cc1. The Morgan fingerprint density at radius 3 is 2.17 bits per heavy atom. The number of rotatable bonds is 9. The van der Waals surface area contributed by atoms with Gasteiger partial charge in [-0.25, -0.2) is 4.39 Å². The van der Waals surface area contributed by atoms with Gasteiger partial charge in [-0.1, -0.05) is 56.6 Å². The predicted molar refractivity (Wildman–Crippen MR) is 114 cm³/mol. The number of carbonyl (C=O) groups excluding carboxylic acids is 2. The van der Waals surface area contributed by atoms with Crippen molar-refractivity contribution in [2.45, 2.75) is 46.2 Å². The van der Waals surface area contributed by atoms with Crippen molar-refractivity contribution in [1.82, 2.24) is 10.2 Å². The van der Waals surface area contributed by atoms with Crippen molar-refractivity contribution in [3.63, 3.8) is 0 Å². The van der Waals surface area contributed by atoms with E-state index < -0.39 is 6.04 Å². The largest absolute Gasteiger partial charge is 0.354 e. The van der Waals surface area contributed by atoms with Crippen LogP contribution >= 0.6 is 11.6 Å². The first-order valence-electron chi connectivity index (χ1n) is 9.86. The fraction of sp³-hybridized carbons (Fsp3) is 0.391. The summed E-state index contributed by atoms with van der Waals surface area (Å²) >= 11 is 5.93. The van der Waals surface area contributed by atoms with E-state index in [0.29, 0.717) is 23.9 Å². The number of amides is 2. The summed E-state index contributed by atoms with van der Waals surface area (Å²) in [6, 6.07) is 12.5. The molecule has 4 nitrogen and oxygen atoms in total. The lowest BCUT2D eigenvalue weighted by atomic mass is 10.1. The lowest BCUT2D eigenvalue weighted by Gasteiger charge is -2.31. The van der Waals surface area contributed by atoms with E-state index in [2.05, 4.69) is 5.32 Å². The molecule has 0 unspecified atom stereocenters. The van der Waals surface area contributed by atoms with Gasteiger partial charge in [-0.3, -0.25) is 9.59 Å². The summed E-state index contributed by atoms with van der Waals surface area (Å²) in [5, 5.41) is 3.53. The zero-order valence-corrected chi connectivity index (χ0v) is 17.9. The summed E-state index contributed by atoms with van der Waals surface area (Å²) in [6.45, 7) is 6.70. The smallest absolute Gasteiger partial charge is 0.242 e. The van der Waals surface area contributed by atoms with Crippen LogP contribution in [0.3, 0.4) is 0 Å². The number of nitrogens with zero attached hydrogens (tertiary/aromatic N) is 1. The van der Waals surface area contributed by atoms with Crippen molar-refractivity contribution in [3.8, 4) is 0 Å². The topological polar surface area (TPSA) is 49.4 Å². The van der Waals surface area contributed by atoms with Crippen LogP contribution in [-0.2, 0) is 22.6 Å². The minimum Gasteiger partial charge on any atom is -0.354 e. The molecule has 2 rings (SSSR count). The van der Waals surface area contributed by atoms with Gasteiger partial charge in [-0.05, 0) is 47.7 Å². The minimum atomic E-state index is -0.599. The summed E-state index contributed by atoms with van der Waals surface area (Å²) in [5.74, 6) is -0.364. The molecule has 0 spiro atoms. The molecule has 0 saturated heterocycles. The van der Waals surface area contributed by atoms with Crippen molar-refractivity contribution < 1.29 is 14.0 Å². The zero-order valence-electron chi connectivity index (χ0n) is 17.1. The number of halogens is 2. The van der Waals surface area contributed by atoms with Gasteiger partial charge >= 0.3 is 0 Å². The molecule has 0 aliphatic rings. The van der Waals surface area contributed by atoms with Gasteiger partial charge in [0, 0.05) is 18.1 Å².